The van der Waals surface area contributed by atoms with Crippen LogP contribution in [0.5, 0.6) is 0 Å². The van der Waals surface area contributed by atoms with Crippen molar-refractivity contribution in [3.63, 3.8) is 0 Å². The van der Waals surface area contributed by atoms with Gasteiger partial charge in [-0.2, -0.15) is 0 Å². The van der Waals surface area contributed by atoms with E-state index in [1.165, 1.54) is 21.5 Å². The Hall–Kier alpha value is -8.93. The first-order valence-corrected chi connectivity index (χ1v) is 22.2. The molecule has 14 aromatic rings. The van der Waals surface area contributed by atoms with Crippen LogP contribution in [0.4, 0.5) is 0 Å². The third-order valence-corrected chi connectivity index (χ3v) is 13.3. The van der Waals surface area contributed by atoms with Gasteiger partial charge in [0.1, 0.15) is 22.3 Å². The van der Waals surface area contributed by atoms with Crippen LogP contribution in [0.15, 0.2) is 221 Å². The van der Waals surface area contributed by atoms with Crippen LogP contribution in [-0.4, -0.2) is 15.0 Å². The van der Waals surface area contributed by atoms with Crippen LogP contribution in [0.2, 0.25) is 0 Å². The van der Waals surface area contributed by atoms with Gasteiger partial charge in [0.15, 0.2) is 17.5 Å². The standard InChI is InChI=1S/C61H35N3O2/c1-2-14-39-34-40(28-24-36(39)12-1)59-62-60(41-29-27-38-26-25-37-13-3-4-15-42(37)52(38)35-41)64-61(63-59)49-33-30-45(43-16-5-6-17-44(43)49)47-31-32-48(58-57(47)51-19-8-10-22-54(51)66-58)46-20-11-23-55-56(46)50-18-7-9-21-53(50)65-55/h1-35H. The smallest absolute Gasteiger partial charge is 0.164 e. The van der Waals surface area contributed by atoms with Crippen molar-refractivity contribution in [2.24, 2.45) is 0 Å². The number of furan rings is 2. The zero-order valence-electron chi connectivity index (χ0n) is 35.4. The van der Waals surface area contributed by atoms with Crippen molar-refractivity contribution in [2.45, 2.75) is 0 Å². The average Bonchev–Trinajstić information content (AvgIpc) is 3.97. The Kier molecular flexibility index (Phi) is 7.91. The van der Waals surface area contributed by atoms with Crippen LogP contribution in [0.25, 0.3) is 143 Å². The van der Waals surface area contributed by atoms with E-state index < -0.39 is 0 Å². The van der Waals surface area contributed by atoms with E-state index >= 15 is 0 Å². The second-order valence-electron chi connectivity index (χ2n) is 17.0. The van der Waals surface area contributed by atoms with Crippen molar-refractivity contribution in [1.82, 2.24) is 15.0 Å². The molecule has 5 nitrogen and oxygen atoms in total. The van der Waals surface area contributed by atoms with Gasteiger partial charge < -0.3 is 8.83 Å². The lowest BCUT2D eigenvalue weighted by Gasteiger charge is -2.15. The van der Waals surface area contributed by atoms with Crippen LogP contribution >= 0.6 is 0 Å². The number of rotatable bonds is 5. The molecule has 11 aromatic carbocycles. The van der Waals surface area contributed by atoms with Crippen molar-refractivity contribution < 1.29 is 8.83 Å². The molecule has 306 valence electrons. The zero-order valence-corrected chi connectivity index (χ0v) is 35.4. The number of fused-ring (bicyclic) bond motifs is 11. The summed E-state index contributed by atoms with van der Waals surface area (Å²) in [6.45, 7) is 0. The molecule has 0 N–H and O–H groups in total. The highest BCUT2D eigenvalue weighted by Gasteiger charge is 2.23. The number of hydrogen-bond donors (Lipinski definition) is 0. The van der Waals surface area contributed by atoms with Gasteiger partial charge >= 0.3 is 0 Å². The molecule has 0 radical (unpaired) electrons. The van der Waals surface area contributed by atoms with Crippen LogP contribution in [0.1, 0.15) is 0 Å². The Morgan fingerprint density at radius 1 is 0.258 bits per heavy atom. The van der Waals surface area contributed by atoms with Crippen molar-refractivity contribution >= 4 is 87.0 Å². The van der Waals surface area contributed by atoms with Crippen molar-refractivity contribution in [3.8, 4) is 56.4 Å². The van der Waals surface area contributed by atoms with Gasteiger partial charge in [-0.15, -0.1) is 0 Å². The molecule has 0 unspecified atom stereocenters. The lowest BCUT2D eigenvalue weighted by molar-refractivity contribution is 0.668. The summed E-state index contributed by atoms with van der Waals surface area (Å²) >= 11 is 0. The molecule has 0 fully saturated rings. The minimum Gasteiger partial charge on any atom is -0.456 e. The fourth-order valence-electron chi connectivity index (χ4n) is 10.2. The van der Waals surface area contributed by atoms with Gasteiger partial charge in [0, 0.05) is 43.8 Å². The maximum atomic E-state index is 6.87. The van der Waals surface area contributed by atoms with Crippen molar-refractivity contribution in [2.75, 3.05) is 0 Å². The summed E-state index contributed by atoms with van der Waals surface area (Å²) in [4.78, 5) is 15.8. The van der Waals surface area contributed by atoms with Gasteiger partial charge in [0.2, 0.25) is 0 Å². The minimum absolute atomic E-state index is 0.610. The molecule has 5 heteroatoms. The van der Waals surface area contributed by atoms with Gasteiger partial charge in [0.05, 0.1) is 0 Å². The monoisotopic (exact) mass is 841 g/mol. The molecule has 0 aliphatic rings. The first-order chi connectivity index (χ1) is 32.7. The average molecular weight is 842 g/mol. The predicted octanol–water partition coefficient (Wildman–Crippen LogP) is 16.6. The quantitative estimate of drug-likeness (QED) is 0.162. The van der Waals surface area contributed by atoms with Crippen LogP contribution in [0, 0.1) is 0 Å². The molecule has 0 atom stereocenters. The topological polar surface area (TPSA) is 65.0 Å². The van der Waals surface area contributed by atoms with E-state index in [0.29, 0.717) is 17.5 Å². The number of para-hydroxylation sites is 2. The summed E-state index contributed by atoms with van der Waals surface area (Å²) in [5, 5.41) is 13.4. The first kappa shape index (κ1) is 36.5. The van der Waals surface area contributed by atoms with E-state index in [0.717, 1.165) is 104 Å². The SMILES string of the molecule is c1ccc2cc(-c3nc(-c4ccc5ccc6ccccc6c5c4)nc(-c4ccc(-c5ccc(-c6cccc7oc8ccccc8c67)c6oc7ccccc7c56)c5ccccc45)n3)ccc2c1. The van der Waals surface area contributed by atoms with Crippen LogP contribution < -0.4 is 0 Å². The molecule has 14 rings (SSSR count). The molecule has 3 aromatic heterocycles. The molecule has 0 aliphatic heterocycles. The molecule has 66 heavy (non-hydrogen) atoms. The fourth-order valence-corrected chi connectivity index (χ4v) is 10.2. The third-order valence-electron chi connectivity index (χ3n) is 13.3. The second-order valence-corrected chi connectivity index (χ2v) is 17.0. The molecule has 3 heterocycles. The van der Waals surface area contributed by atoms with Crippen LogP contribution in [0.3, 0.4) is 0 Å². The molecule has 0 aliphatic carbocycles. The van der Waals surface area contributed by atoms with Crippen molar-refractivity contribution in [1.29, 1.82) is 0 Å². The normalized spacial score (nSPS) is 11.9. The van der Waals surface area contributed by atoms with E-state index in [9.17, 15) is 0 Å². The lowest BCUT2D eigenvalue weighted by Crippen LogP contribution is -2.01. The van der Waals surface area contributed by atoms with Gasteiger partial charge in [-0.05, 0) is 102 Å². The van der Waals surface area contributed by atoms with E-state index in [4.69, 9.17) is 23.8 Å². The molecule has 0 saturated heterocycles. The number of benzene rings is 11. The summed E-state index contributed by atoms with van der Waals surface area (Å²) in [7, 11) is 0. The van der Waals surface area contributed by atoms with Gasteiger partial charge in [0.25, 0.3) is 0 Å². The summed E-state index contributed by atoms with van der Waals surface area (Å²) in [5.74, 6) is 1.85. The lowest BCUT2D eigenvalue weighted by atomic mass is 9.89. The Morgan fingerprint density at radius 2 is 0.758 bits per heavy atom. The number of hydrogen-bond acceptors (Lipinski definition) is 5. The highest BCUT2D eigenvalue weighted by atomic mass is 16.3. The second kappa shape index (κ2) is 14.3. The Bertz CT molecular complexity index is 4310. The molecule has 0 amide bonds. The van der Waals surface area contributed by atoms with Crippen LogP contribution in [-0.2, 0) is 0 Å². The Balaban J connectivity index is 0.984. The maximum Gasteiger partial charge on any atom is 0.164 e. The molecular formula is C61H35N3O2. The summed E-state index contributed by atoms with van der Waals surface area (Å²) in [6, 6.07) is 74.5. The maximum absolute atomic E-state index is 6.87. The predicted molar refractivity (Wildman–Crippen MR) is 272 cm³/mol. The Labute approximate surface area is 377 Å². The molecular weight excluding hydrogens is 807 g/mol. The van der Waals surface area contributed by atoms with Crippen molar-refractivity contribution in [3.05, 3.63) is 212 Å². The number of aromatic nitrogens is 3. The van der Waals surface area contributed by atoms with E-state index in [2.05, 4.69) is 188 Å². The van der Waals surface area contributed by atoms with Gasteiger partial charge in [-0.25, -0.2) is 15.0 Å². The van der Waals surface area contributed by atoms with E-state index in [1.54, 1.807) is 0 Å². The largest absolute Gasteiger partial charge is 0.456 e. The molecule has 0 spiro atoms. The molecule has 0 saturated carbocycles. The van der Waals surface area contributed by atoms with Gasteiger partial charge in [-0.1, -0.05) is 170 Å². The highest BCUT2D eigenvalue weighted by molar-refractivity contribution is 6.22. The minimum atomic E-state index is 0.610. The summed E-state index contributed by atoms with van der Waals surface area (Å²) in [6.07, 6.45) is 0. The Morgan fingerprint density at radius 3 is 1.55 bits per heavy atom. The fraction of sp³-hybridized carbons (Fsp3) is 0. The van der Waals surface area contributed by atoms with Gasteiger partial charge in [-0.3, -0.25) is 0 Å². The summed E-state index contributed by atoms with van der Waals surface area (Å²) < 4.78 is 13.2. The van der Waals surface area contributed by atoms with E-state index in [1.807, 2.05) is 24.3 Å². The highest BCUT2D eigenvalue weighted by Crippen LogP contribution is 2.47. The van der Waals surface area contributed by atoms with E-state index in [-0.39, 0.29) is 0 Å². The number of nitrogens with zero attached hydrogens (tertiary/aromatic N) is 3. The molecule has 0 bridgehead atoms. The summed E-state index contributed by atoms with van der Waals surface area (Å²) in [5.41, 5.74) is 10.4. The zero-order chi connectivity index (χ0) is 43.3. The third kappa shape index (κ3) is 5.63. The first-order valence-electron chi connectivity index (χ1n) is 22.2.